The second-order valence-electron chi connectivity index (χ2n) is 4.54. The minimum Gasteiger partial charge on any atom is -0.307 e. The minimum absolute atomic E-state index is 0.178. The van der Waals surface area contributed by atoms with E-state index in [4.69, 9.17) is 11.6 Å². The van der Waals surface area contributed by atoms with E-state index in [9.17, 15) is 0 Å². The van der Waals surface area contributed by atoms with Gasteiger partial charge in [-0.3, -0.25) is 0 Å². The van der Waals surface area contributed by atoms with Gasteiger partial charge >= 0.3 is 0 Å². The number of halogens is 2. The first-order valence-corrected chi connectivity index (χ1v) is 7.54. The topological polar surface area (TPSA) is 12.0 Å². The van der Waals surface area contributed by atoms with E-state index >= 15 is 0 Å². The highest BCUT2D eigenvalue weighted by Gasteiger charge is 2.15. The van der Waals surface area contributed by atoms with Crippen molar-refractivity contribution in [2.24, 2.45) is 0 Å². The van der Waals surface area contributed by atoms with Gasteiger partial charge in [0.05, 0.1) is 6.04 Å². The molecule has 0 heterocycles. The van der Waals surface area contributed by atoms with Gasteiger partial charge in [-0.2, -0.15) is 0 Å². The maximum absolute atomic E-state index is 6.14. The Balaban J connectivity index is 2.44. The Bertz CT molecular complexity index is 551. The van der Waals surface area contributed by atoms with Gasteiger partial charge in [0.25, 0.3) is 0 Å². The van der Waals surface area contributed by atoms with Crippen molar-refractivity contribution in [3.8, 4) is 0 Å². The van der Waals surface area contributed by atoms with Crippen LogP contribution in [0.25, 0.3) is 0 Å². The van der Waals surface area contributed by atoms with Crippen molar-refractivity contribution in [1.82, 2.24) is 5.32 Å². The number of rotatable bonds is 4. The molecule has 1 N–H and O–H groups in total. The first kappa shape index (κ1) is 14.6. The monoisotopic (exact) mass is 337 g/mol. The van der Waals surface area contributed by atoms with Crippen LogP contribution in [0, 0.1) is 6.92 Å². The molecule has 0 saturated heterocycles. The lowest BCUT2D eigenvalue weighted by atomic mass is 9.95. The zero-order chi connectivity index (χ0) is 13.8. The van der Waals surface area contributed by atoms with Crippen molar-refractivity contribution >= 4 is 27.5 Å². The Hall–Kier alpha value is -0.830. The molecule has 100 valence electrons. The SMILES string of the molecule is CCNC(c1ccc(Br)cc1)c1cc(Cl)ccc1C. The van der Waals surface area contributed by atoms with Gasteiger partial charge in [-0.1, -0.05) is 52.7 Å². The quantitative estimate of drug-likeness (QED) is 0.817. The van der Waals surface area contributed by atoms with E-state index in [0.29, 0.717) is 0 Å². The summed E-state index contributed by atoms with van der Waals surface area (Å²) in [5.41, 5.74) is 3.73. The summed E-state index contributed by atoms with van der Waals surface area (Å²) < 4.78 is 1.09. The molecule has 1 atom stereocenters. The molecule has 3 heteroatoms. The number of benzene rings is 2. The Kier molecular flexibility index (Phi) is 5.03. The number of aryl methyl sites for hydroxylation is 1. The zero-order valence-corrected chi connectivity index (χ0v) is 13.4. The minimum atomic E-state index is 0.178. The molecule has 0 aromatic heterocycles. The van der Waals surface area contributed by atoms with E-state index in [2.05, 4.69) is 65.4 Å². The fraction of sp³-hybridized carbons (Fsp3) is 0.250. The van der Waals surface area contributed by atoms with Crippen LogP contribution >= 0.6 is 27.5 Å². The second-order valence-corrected chi connectivity index (χ2v) is 5.90. The van der Waals surface area contributed by atoms with E-state index in [1.54, 1.807) is 0 Å². The Morgan fingerprint density at radius 2 is 1.84 bits per heavy atom. The molecule has 0 radical (unpaired) electrons. The Morgan fingerprint density at radius 3 is 2.47 bits per heavy atom. The molecule has 2 aromatic carbocycles. The normalized spacial score (nSPS) is 12.4. The fourth-order valence-corrected chi connectivity index (χ4v) is 2.63. The van der Waals surface area contributed by atoms with Crippen molar-refractivity contribution in [3.63, 3.8) is 0 Å². The summed E-state index contributed by atoms with van der Waals surface area (Å²) in [4.78, 5) is 0. The van der Waals surface area contributed by atoms with Crippen LogP contribution in [0.1, 0.15) is 29.7 Å². The molecule has 0 saturated carbocycles. The molecule has 19 heavy (non-hydrogen) atoms. The molecule has 2 aromatic rings. The molecule has 2 rings (SSSR count). The van der Waals surface area contributed by atoms with Crippen LogP contribution in [0.5, 0.6) is 0 Å². The average molecular weight is 339 g/mol. The van der Waals surface area contributed by atoms with Gasteiger partial charge in [0.1, 0.15) is 0 Å². The Labute approximate surface area is 128 Å². The average Bonchev–Trinajstić information content (AvgIpc) is 2.40. The standard InChI is InChI=1S/C16H17BrClN/c1-3-19-16(12-5-7-13(17)8-6-12)15-10-14(18)9-4-11(15)2/h4-10,16,19H,3H2,1-2H3. The maximum atomic E-state index is 6.14. The van der Waals surface area contributed by atoms with Crippen LogP contribution in [0.3, 0.4) is 0 Å². The van der Waals surface area contributed by atoms with Gasteiger partial charge in [-0.15, -0.1) is 0 Å². The summed E-state index contributed by atoms with van der Waals surface area (Å²) in [6.45, 7) is 5.15. The van der Waals surface area contributed by atoms with E-state index in [1.807, 2.05) is 12.1 Å². The zero-order valence-electron chi connectivity index (χ0n) is 11.1. The van der Waals surface area contributed by atoms with Crippen molar-refractivity contribution in [2.75, 3.05) is 6.54 Å². The molecule has 0 aliphatic heterocycles. The van der Waals surface area contributed by atoms with Crippen molar-refractivity contribution in [1.29, 1.82) is 0 Å². The molecule has 1 nitrogen and oxygen atoms in total. The summed E-state index contributed by atoms with van der Waals surface area (Å²) in [6.07, 6.45) is 0. The maximum Gasteiger partial charge on any atom is 0.0579 e. The van der Waals surface area contributed by atoms with Crippen molar-refractivity contribution in [2.45, 2.75) is 19.9 Å². The largest absolute Gasteiger partial charge is 0.307 e. The second kappa shape index (κ2) is 6.56. The van der Waals surface area contributed by atoms with Crippen LogP contribution in [-0.4, -0.2) is 6.54 Å². The molecule has 0 spiro atoms. The third-order valence-electron chi connectivity index (χ3n) is 3.16. The molecular weight excluding hydrogens is 322 g/mol. The van der Waals surface area contributed by atoms with Gasteiger partial charge < -0.3 is 5.32 Å². The first-order valence-electron chi connectivity index (χ1n) is 6.36. The van der Waals surface area contributed by atoms with Crippen LogP contribution in [-0.2, 0) is 0 Å². The molecule has 0 amide bonds. The van der Waals surface area contributed by atoms with Gasteiger partial charge in [0, 0.05) is 9.50 Å². The van der Waals surface area contributed by atoms with E-state index in [1.165, 1.54) is 16.7 Å². The first-order chi connectivity index (χ1) is 9.11. The van der Waals surface area contributed by atoms with Gasteiger partial charge in [-0.25, -0.2) is 0 Å². The lowest BCUT2D eigenvalue weighted by Gasteiger charge is -2.21. The van der Waals surface area contributed by atoms with Crippen molar-refractivity contribution in [3.05, 3.63) is 68.7 Å². The molecule has 0 aliphatic rings. The summed E-state index contributed by atoms with van der Waals surface area (Å²) in [5, 5.41) is 4.31. The molecule has 0 bridgehead atoms. The molecular formula is C16H17BrClN. The van der Waals surface area contributed by atoms with Crippen LogP contribution in [0.2, 0.25) is 5.02 Å². The lowest BCUT2D eigenvalue weighted by molar-refractivity contribution is 0.628. The smallest absolute Gasteiger partial charge is 0.0579 e. The summed E-state index contributed by atoms with van der Waals surface area (Å²) in [6, 6.07) is 14.6. The predicted octanol–water partition coefficient (Wildman–Crippen LogP) is 5.11. The summed E-state index contributed by atoms with van der Waals surface area (Å²) in [5.74, 6) is 0. The third kappa shape index (κ3) is 3.59. The Morgan fingerprint density at radius 1 is 1.16 bits per heavy atom. The fourth-order valence-electron chi connectivity index (χ4n) is 2.19. The van der Waals surface area contributed by atoms with Gasteiger partial charge in [0.15, 0.2) is 0 Å². The summed E-state index contributed by atoms with van der Waals surface area (Å²) in [7, 11) is 0. The summed E-state index contributed by atoms with van der Waals surface area (Å²) >= 11 is 9.61. The number of nitrogens with one attached hydrogen (secondary N) is 1. The molecule has 1 unspecified atom stereocenters. The molecule has 0 aliphatic carbocycles. The van der Waals surface area contributed by atoms with Crippen LogP contribution in [0.15, 0.2) is 46.9 Å². The van der Waals surface area contributed by atoms with E-state index in [0.717, 1.165) is 16.0 Å². The van der Waals surface area contributed by atoms with Crippen LogP contribution in [0.4, 0.5) is 0 Å². The number of hydrogen-bond donors (Lipinski definition) is 1. The van der Waals surface area contributed by atoms with Gasteiger partial charge in [-0.05, 0) is 54.4 Å². The third-order valence-corrected chi connectivity index (χ3v) is 3.93. The highest BCUT2D eigenvalue weighted by Crippen LogP contribution is 2.28. The van der Waals surface area contributed by atoms with Gasteiger partial charge in [0.2, 0.25) is 0 Å². The predicted molar refractivity (Wildman–Crippen MR) is 85.9 cm³/mol. The van der Waals surface area contributed by atoms with Crippen LogP contribution < -0.4 is 5.32 Å². The van der Waals surface area contributed by atoms with E-state index < -0.39 is 0 Å². The number of hydrogen-bond acceptors (Lipinski definition) is 1. The van der Waals surface area contributed by atoms with E-state index in [-0.39, 0.29) is 6.04 Å². The lowest BCUT2D eigenvalue weighted by Crippen LogP contribution is -2.22. The van der Waals surface area contributed by atoms with Crippen molar-refractivity contribution < 1.29 is 0 Å². The highest BCUT2D eigenvalue weighted by molar-refractivity contribution is 9.10. The highest BCUT2D eigenvalue weighted by atomic mass is 79.9. The molecule has 0 fully saturated rings.